The molecule has 1 heterocycles. The summed E-state index contributed by atoms with van der Waals surface area (Å²) >= 11 is 0. The zero-order valence-corrected chi connectivity index (χ0v) is 13.6. The lowest BCUT2D eigenvalue weighted by atomic mass is 10.0. The molecule has 0 aromatic rings. The Bertz CT molecular complexity index is 205. The summed E-state index contributed by atoms with van der Waals surface area (Å²) in [4.78, 5) is 2.75. The maximum absolute atomic E-state index is 3.63. The first-order valence-corrected chi connectivity index (χ1v) is 8.75. The molecular weight excluding hydrogens is 232 g/mol. The van der Waals surface area contributed by atoms with Crippen molar-refractivity contribution in [3.8, 4) is 0 Å². The summed E-state index contributed by atoms with van der Waals surface area (Å²) in [6.07, 6.45) is 12.6. The Morgan fingerprint density at radius 2 is 1.63 bits per heavy atom. The Morgan fingerprint density at radius 1 is 0.947 bits per heavy atom. The zero-order chi connectivity index (χ0) is 13.9. The minimum Gasteiger partial charge on any atom is -0.311 e. The monoisotopic (exact) mass is 268 g/mol. The molecule has 114 valence electrons. The van der Waals surface area contributed by atoms with E-state index in [1.807, 2.05) is 0 Å². The van der Waals surface area contributed by atoms with Crippen molar-refractivity contribution < 1.29 is 0 Å². The van der Waals surface area contributed by atoms with Gasteiger partial charge in [0.1, 0.15) is 0 Å². The number of nitrogens with zero attached hydrogens (tertiary/aromatic N) is 1. The van der Waals surface area contributed by atoms with Crippen LogP contribution < -0.4 is 5.32 Å². The summed E-state index contributed by atoms with van der Waals surface area (Å²) in [7, 11) is 0. The molecule has 0 spiro atoms. The van der Waals surface area contributed by atoms with Gasteiger partial charge in [-0.3, -0.25) is 4.90 Å². The van der Waals surface area contributed by atoms with Gasteiger partial charge in [-0.2, -0.15) is 0 Å². The van der Waals surface area contributed by atoms with Crippen molar-refractivity contribution in [1.29, 1.82) is 0 Å². The Balaban J connectivity index is 2.10. The Labute approximate surface area is 121 Å². The van der Waals surface area contributed by atoms with Crippen LogP contribution in [0.1, 0.15) is 78.6 Å². The number of hydrogen-bond donors (Lipinski definition) is 1. The molecule has 2 heteroatoms. The fourth-order valence-electron chi connectivity index (χ4n) is 3.20. The third kappa shape index (κ3) is 7.31. The van der Waals surface area contributed by atoms with Gasteiger partial charge in [0, 0.05) is 25.2 Å². The number of nitrogens with one attached hydrogen (secondary N) is 1. The van der Waals surface area contributed by atoms with E-state index in [1.54, 1.807) is 0 Å². The van der Waals surface area contributed by atoms with E-state index in [9.17, 15) is 0 Å². The molecule has 2 nitrogen and oxygen atoms in total. The summed E-state index contributed by atoms with van der Waals surface area (Å²) in [5, 5.41) is 3.63. The fourth-order valence-corrected chi connectivity index (χ4v) is 3.20. The van der Waals surface area contributed by atoms with Gasteiger partial charge in [0.05, 0.1) is 0 Å². The van der Waals surface area contributed by atoms with E-state index in [2.05, 4.69) is 31.0 Å². The largest absolute Gasteiger partial charge is 0.311 e. The zero-order valence-electron chi connectivity index (χ0n) is 13.6. The summed E-state index contributed by atoms with van der Waals surface area (Å²) in [6, 6.07) is 1.47. The summed E-state index contributed by atoms with van der Waals surface area (Å²) < 4.78 is 0. The minimum atomic E-state index is 0.678. The van der Waals surface area contributed by atoms with Crippen molar-refractivity contribution >= 4 is 0 Å². The van der Waals surface area contributed by atoms with Crippen LogP contribution in [-0.4, -0.2) is 36.6 Å². The average molecular weight is 268 g/mol. The van der Waals surface area contributed by atoms with Gasteiger partial charge in [-0.25, -0.2) is 0 Å². The van der Waals surface area contributed by atoms with Gasteiger partial charge in [-0.1, -0.05) is 58.8 Å². The maximum atomic E-state index is 3.63. The van der Waals surface area contributed by atoms with Gasteiger partial charge in [0.15, 0.2) is 0 Å². The number of unbranched alkanes of at least 4 members (excludes halogenated alkanes) is 6. The summed E-state index contributed by atoms with van der Waals surface area (Å²) in [5.41, 5.74) is 0. The second kappa shape index (κ2) is 10.7. The lowest BCUT2D eigenvalue weighted by molar-refractivity contribution is 0.125. The maximum Gasteiger partial charge on any atom is 0.0221 e. The van der Waals surface area contributed by atoms with Gasteiger partial charge in [0.2, 0.25) is 0 Å². The lowest BCUT2D eigenvalue weighted by Gasteiger charge is -2.39. The Kier molecular flexibility index (Phi) is 9.54. The molecule has 1 aliphatic heterocycles. The van der Waals surface area contributed by atoms with Crippen LogP contribution in [-0.2, 0) is 0 Å². The number of hydrogen-bond acceptors (Lipinski definition) is 2. The van der Waals surface area contributed by atoms with Crippen LogP contribution in [0.5, 0.6) is 0 Å². The van der Waals surface area contributed by atoms with Crippen molar-refractivity contribution in [2.75, 3.05) is 19.6 Å². The standard InChI is InChI=1S/C17H36N2/c1-4-6-7-8-9-10-11-13-19-15-16(3)18-14-17(19)12-5-2/h16-18H,4-15H2,1-3H3. The van der Waals surface area contributed by atoms with Crippen LogP contribution in [0.3, 0.4) is 0 Å². The molecule has 2 atom stereocenters. The smallest absolute Gasteiger partial charge is 0.0221 e. The Hall–Kier alpha value is -0.0800. The van der Waals surface area contributed by atoms with E-state index in [0.29, 0.717) is 6.04 Å². The normalized spacial score (nSPS) is 24.8. The second-order valence-electron chi connectivity index (χ2n) is 6.37. The third-order valence-electron chi connectivity index (χ3n) is 4.40. The number of piperazine rings is 1. The number of rotatable bonds is 10. The van der Waals surface area contributed by atoms with Crippen molar-refractivity contribution in [2.24, 2.45) is 0 Å². The molecule has 0 amide bonds. The van der Waals surface area contributed by atoms with Crippen LogP contribution in [0, 0.1) is 0 Å². The predicted molar refractivity (Wildman–Crippen MR) is 85.7 cm³/mol. The van der Waals surface area contributed by atoms with Gasteiger partial charge < -0.3 is 5.32 Å². The van der Waals surface area contributed by atoms with Gasteiger partial charge in [0.25, 0.3) is 0 Å². The molecule has 0 aromatic heterocycles. The second-order valence-corrected chi connectivity index (χ2v) is 6.37. The Morgan fingerprint density at radius 3 is 2.32 bits per heavy atom. The highest BCUT2D eigenvalue weighted by Crippen LogP contribution is 2.14. The van der Waals surface area contributed by atoms with E-state index < -0.39 is 0 Å². The van der Waals surface area contributed by atoms with E-state index in [1.165, 1.54) is 77.4 Å². The van der Waals surface area contributed by atoms with Crippen LogP contribution >= 0.6 is 0 Å². The van der Waals surface area contributed by atoms with Crippen LogP contribution in [0.15, 0.2) is 0 Å². The lowest BCUT2D eigenvalue weighted by Crippen LogP contribution is -2.55. The molecule has 1 aliphatic rings. The van der Waals surface area contributed by atoms with E-state index >= 15 is 0 Å². The highest BCUT2D eigenvalue weighted by atomic mass is 15.2. The molecule has 0 aromatic carbocycles. The fraction of sp³-hybridized carbons (Fsp3) is 1.00. The molecule has 2 unspecified atom stereocenters. The molecule has 1 rings (SSSR count). The van der Waals surface area contributed by atoms with E-state index in [0.717, 1.165) is 6.04 Å². The summed E-state index contributed by atoms with van der Waals surface area (Å²) in [5.74, 6) is 0. The first-order valence-electron chi connectivity index (χ1n) is 8.75. The van der Waals surface area contributed by atoms with Crippen molar-refractivity contribution in [3.63, 3.8) is 0 Å². The molecule has 0 radical (unpaired) electrons. The molecule has 1 N–H and O–H groups in total. The first-order chi connectivity index (χ1) is 9.27. The molecular formula is C17H36N2. The minimum absolute atomic E-state index is 0.678. The molecule has 0 aliphatic carbocycles. The molecule has 1 saturated heterocycles. The summed E-state index contributed by atoms with van der Waals surface area (Å²) in [6.45, 7) is 10.7. The van der Waals surface area contributed by atoms with Crippen molar-refractivity contribution in [1.82, 2.24) is 10.2 Å². The van der Waals surface area contributed by atoms with E-state index in [4.69, 9.17) is 0 Å². The first kappa shape index (κ1) is 17.0. The van der Waals surface area contributed by atoms with Crippen LogP contribution in [0.25, 0.3) is 0 Å². The van der Waals surface area contributed by atoms with Gasteiger partial charge >= 0.3 is 0 Å². The van der Waals surface area contributed by atoms with E-state index in [-0.39, 0.29) is 0 Å². The molecule has 19 heavy (non-hydrogen) atoms. The van der Waals surface area contributed by atoms with Crippen molar-refractivity contribution in [2.45, 2.75) is 90.6 Å². The highest BCUT2D eigenvalue weighted by Gasteiger charge is 2.24. The van der Waals surface area contributed by atoms with Gasteiger partial charge in [-0.15, -0.1) is 0 Å². The topological polar surface area (TPSA) is 15.3 Å². The van der Waals surface area contributed by atoms with Gasteiger partial charge in [-0.05, 0) is 26.3 Å². The third-order valence-corrected chi connectivity index (χ3v) is 4.40. The average Bonchev–Trinajstić information content (AvgIpc) is 2.41. The SMILES string of the molecule is CCCCCCCCCN1CC(C)NCC1CCC. The predicted octanol–water partition coefficient (Wildman–Crippen LogP) is 4.20. The highest BCUT2D eigenvalue weighted by molar-refractivity contribution is 4.83. The van der Waals surface area contributed by atoms with Crippen LogP contribution in [0.2, 0.25) is 0 Å². The molecule has 0 bridgehead atoms. The van der Waals surface area contributed by atoms with Crippen molar-refractivity contribution in [3.05, 3.63) is 0 Å². The molecule has 0 saturated carbocycles. The quantitative estimate of drug-likeness (QED) is 0.597. The van der Waals surface area contributed by atoms with Crippen LogP contribution in [0.4, 0.5) is 0 Å². The molecule has 1 fully saturated rings.